The molecular weight excluding hydrogens is 345 g/mol. The summed E-state index contributed by atoms with van der Waals surface area (Å²) in [5, 5.41) is 4.27. The summed E-state index contributed by atoms with van der Waals surface area (Å²) < 4.78 is 1.56. The second-order valence-electron chi connectivity index (χ2n) is 4.78. The van der Waals surface area contributed by atoms with Gasteiger partial charge >= 0.3 is 0 Å². The molecule has 5 nitrogen and oxygen atoms in total. The number of aromatic nitrogens is 2. The van der Waals surface area contributed by atoms with Gasteiger partial charge in [0, 0.05) is 29.5 Å². The molecule has 0 aliphatic carbocycles. The Balaban J connectivity index is 1.73. The molecule has 1 aliphatic rings. The van der Waals surface area contributed by atoms with Crippen molar-refractivity contribution in [3.63, 3.8) is 0 Å². The van der Waals surface area contributed by atoms with Crippen LogP contribution in [0.25, 0.3) is 0 Å². The van der Waals surface area contributed by atoms with Gasteiger partial charge in [0.1, 0.15) is 0 Å². The van der Waals surface area contributed by atoms with E-state index in [9.17, 15) is 9.59 Å². The maximum absolute atomic E-state index is 12.2. The Bertz CT molecular complexity index is 794. The number of benzene rings is 1. The largest absolute Gasteiger partial charge is 0.325 e. The first-order valence-corrected chi connectivity index (χ1v) is 8.24. The second kappa shape index (κ2) is 6.32. The van der Waals surface area contributed by atoms with Gasteiger partial charge in [-0.25, -0.2) is 4.98 Å². The van der Waals surface area contributed by atoms with Gasteiger partial charge in [0.2, 0.25) is 5.91 Å². The number of fused-ring (bicyclic) bond motifs is 1. The van der Waals surface area contributed by atoms with Gasteiger partial charge in [0.05, 0.1) is 16.8 Å². The van der Waals surface area contributed by atoms with Crippen LogP contribution >= 0.6 is 35.0 Å². The summed E-state index contributed by atoms with van der Waals surface area (Å²) in [6, 6.07) is 6.06. The van der Waals surface area contributed by atoms with E-state index >= 15 is 0 Å². The van der Waals surface area contributed by atoms with E-state index in [4.69, 9.17) is 23.2 Å². The fraction of sp³-hybridized carbons (Fsp3) is 0.214. The standard InChI is InChI=1S/C14H11Cl2N3O2S/c15-8-1-2-11(10(16)5-8)18-12(20)6-9-7-22-14-17-4-3-13(21)19(9)14/h1-5,9H,6-7H2,(H,18,20). The van der Waals surface area contributed by atoms with Crippen LogP contribution in [-0.2, 0) is 4.79 Å². The van der Waals surface area contributed by atoms with Crippen LogP contribution in [0.15, 0.2) is 40.4 Å². The maximum atomic E-state index is 12.2. The number of nitrogens with zero attached hydrogens (tertiary/aromatic N) is 2. The predicted molar refractivity (Wildman–Crippen MR) is 88.0 cm³/mol. The molecule has 1 unspecified atom stereocenters. The van der Waals surface area contributed by atoms with Crippen molar-refractivity contribution in [3.05, 3.63) is 50.9 Å². The monoisotopic (exact) mass is 355 g/mol. The summed E-state index contributed by atoms with van der Waals surface area (Å²) in [5.41, 5.74) is 0.359. The summed E-state index contributed by atoms with van der Waals surface area (Å²) in [7, 11) is 0. The molecule has 1 aliphatic heterocycles. The summed E-state index contributed by atoms with van der Waals surface area (Å²) in [4.78, 5) is 28.2. The van der Waals surface area contributed by atoms with Crippen molar-refractivity contribution in [1.82, 2.24) is 9.55 Å². The maximum Gasteiger partial charge on any atom is 0.254 e. The zero-order valence-electron chi connectivity index (χ0n) is 11.3. The highest BCUT2D eigenvalue weighted by molar-refractivity contribution is 7.99. The lowest BCUT2D eigenvalue weighted by Gasteiger charge is -2.13. The zero-order chi connectivity index (χ0) is 15.7. The molecule has 0 saturated heterocycles. The molecule has 114 valence electrons. The number of amides is 1. The molecule has 8 heteroatoms. The SMILES string of the molecule is O=C(CC1CSc2nccc(=O)n21)Nc1ccc(Cl)cc1Cl. The molecule has 1 N–H and O–H groups in total. The lowest BCUT2D eigenvalue weighted by molar-refractivity contribution is -0.116. The first-order chi connectivity index (χ1) is 10.5. The molecule has 22 heavy (non-hydrogen) atoms. The number of rotatable bonds is 3. The van der Waals surface area contributed by atoms with Crippen LogP contribution in [0, 0.1) is 0 Å². The number of carbonyl (C=O) groups is 1. The van der Waals surface area contributed by atoms with E-state index in [2.05, 4.69) is 10.3 Å². The normalized spacial score (nSPS) is 16.4. The third-order valence-corrected chi connectivity index (χ3v) is 4.90. The van der Waals surface area contributed by atoms with Gasteiger partial charge in [0.25, 0.3) is 5.56 Å². The highest BCUT2D eigenvalue weighted by Gasteiger charge is 2.26. The smallest absolute Gasteiger partial charge is 0.254 e. The first kappa shape index (κ1) is 15.4. The summed E-state index contributed by atoms with van der Waals surface area (Å²) in [5.74, 6) is 0.437. The molecular formula is C14H11Cl2N3O2S. The summed E-state index contributed by atoms with van der Waals surface area (Å²) >= 11 is 13.3. The third kappa shape index (κ3) is 3.14. The Morgan fingerprint density at radius 1 is 1.41 bits per heavy atom. The molecule has 1 amide bonds. The Morgan fingerprint density at radius 3 is 3.00 bits per heavy atom. The van der Waals surface area contributed by atoms with Crippen LogP contribution in [0.5, 0.6) is 0 Å². The topological polar surface area (TPSA) is 64.0 Å². The van der Waals surface area contributed by atoms with E-state index in [-0.39, 0.29) is 23.9 Å². The van der Waals surface area contributed by atoms with Crippen molar-refractivity contribution in [2.24, 2.45) is 0 Å². The molecule has 0 fully saturated rings. The number of carbonyl (C=O) groups excluding carboxylic acids is 1. The Hall–Kier alpha value is -1.50. The molecule has 1 atom stereocenters. The Morgan fingerprint density at radius 2 is 2.23 bits per heavy atom. The minimum Gasteiger partial charge on any atom is -0.325 e. The quantitative estimate of drug-likeness (QED) is 0.858. The van der Waals surface area contributed by atoms with Gasteiger partial charge in [-0.3, -0.25) is 14.2 Å². The lowest BCUT2D eigenvalue weighted by atomic mass is 10.2. The molecule has 0 spiro atoms. The molecule has 0 radical (unpaired) electrons. The van der Waals surface area contributed by atoms with E-state index in [0.29, 0.717) is 26.6 Å². The van der Waals surface area contributed by atoms with Crippen molar-refractivity contribution in [2.45, 2.75) is 17.6 Å². The van der Waals surface area contributed by atoms with Crippen LogP contribution in [0.1, 0.15) is 12.5 Å². The minimum atomic E-state index is -0.210. The highest BCUT2D eigenvalue weighted by Crippen LogP contribution is 2.32. The van der Waals surface area contributed by atoms with Crippen molar-refractivity contribution in [2.75, 3.05) is 11.1 Å². The van der Waals surface area contributed by atoms with Gasteiger partial charge in [0.15, 0.2) is 5.16 Å². The molecule has 2 heterocycles. The molecule has 3 rings (SSSR count). The molecule has 1 aromatic carbocycles. The van der Waals surface area contributed by atoms with Crippen LogP contribution in [-0.4, -0.2) is 21.2 Å². The van der Waals surface area contributed by atoms with Crippen molar-refractivity contribution in [1.29, 1.82) is 0 Å². The fourth-order valence-electron chi connectivity index (χ4n) is 2.25. The highest BCUT2D eigenvalue weighted by atomic mass is 35.5. The van der Waals surface area contributed by atoms with Crippen LogP contribution in [0.3, 0.4) is 0 Å². The van der Waals surface area contributed by atoms with Crippen LogP contribution < -0.4 is 10.9 Å². The van der Waals surface area contributed by atoms with E-state index in [1.165, 1.54) is 24.0 Å². The van der Waals surface area contributed by atoms with Gasteiger partial charge in [-0.15, -0.1) is 0 Å². The van der Waals surface area contributed by atoms with Crippen LogP contribution in [0.4, 0.5) is 5.69 Å². The molecule has 0 bridgehead atoms. The van der Waals surface area contributed by atoms with Crippen molar-refractivity contribution in [3.8, 4) is 0 Å². The molecule has 1 aromatic heterocycles. The average Bonchev–Trinajstić information content (AvgIpc) is 2.86. The minimum absolute atomic E-state index is 0.141. The number of anilines is 1. The van der Waals surface area contributed by atoms with Crippen LogP contribution in [0.2, 0.25) is 10.0 Å². The van der Waals surface area contributed by atoms with Gasteiger partial charge in [-0.1, -0.05) is 35.0 Å². The van der Waals surface area contributed by atoms with Gasteiger partial charge < -0.3 is 5.32 Å². The van der Waals surface area contributed by atoms with Gasteiger partial charge in [-0.2, -0.15) is 0 Å². The van der Waals surface area contributed by atoms with Crippen molar-refractivity contribution >= 4 is 46.6 Å². The number of thioether (sulfide) groups is 1. The summed E-state index contributed by atoms with van der Waals surface area (Å²) in [6.45, 7) is 0. The second-order valence-corrected chi connectivity index (χ2v) is 6.61. The number of halogens is 2. The molecule has 0 saturated carbocycles. The predicted octanol–water partition coefficient (Wildman–Crippen LogP) is 3.23. The number of nitrogens with one attached hydrogen (secondary N) is 1. The average molecular weight is 356 g/mol. The number of hydrogen-bond acceptors (Lipinski definition) is 4. The number of hydrogen-bond donors (Lipinski definition) is 1. The Kier molecular flexibility index (Phi) is 4.42. The Labute approximate surface area is 140 Å². The summed E-state index contributed by atoms with van der Waals surface area (Å²) in [6.07, 6.45) is 1.67. The fourth-order valence-corrected chi connectivity index (χ4v) is 3.82. The van der Waals surface area contributed by atoms with E-state index in [0.717, 1.165) is 0 Å². The van der Waals surface area contributed by atoms with Crippen molar-refractivity contribution < 1.29 is 4.79 Å². The van der Waals surface area contributed by atoms with E-state index < -0.39 is 0 Å². The van der Waals surface area contributed by atoms with Gasteiger partial charge in [-0.05, 0) is 18.2 Å². The lowest BCUT2D eigenvalue weighted by Crippen LogP contribution is -2.26. The van der Waals surface area contributed by atoms with E-state index in [1.54, 1.807) is 22.8 Å². The first-order valence-electron chi connectivity index (χ1n) is 6.50. The third-order valence-electron chi connectivity index (χ3n) is 3.24. The molecule has 2 aromatic rings. The zero-order valence-corrected chi connectivity index (χ0v) is 13.6. The van der Waals surface area contributed by atoms with E-state index in [1.807, 2.05) is 0 Å².